The molecule has 1 unspecified atom stereocenters. The van der Waals surface area contributed by atoms with E-state index < -0.39 is 0 Å². The van der Waals surface area contributed by atoms with Gasteiger partial charge >= 0.3 is 0 Å². The lowest BCUT2D eigenvalue weighted by Crippen LogP contribution is -2.49. The number of nitrogens with one attached hydrogen (secondary N) is 1. The number of carbonyl (C=O) groups excluding carboxylic acids is 2. The predicted octanol–water partition coefficient (Wildman–Crippen LogP) is 2.60. The Morgan fingerprint density at radius 3 is 2.50 bits per heavy atom. The average Bonchev–Trinajstić information content (AvgIpc) is 3.16. The molecule has 1 N–H and O–H groups in total. The number of carbonyl (C=O) groups is 2. The van der Waals surface area contributed by atoms with Crippen molar-refractivity contribution in [3.05, 3.63) is 58.3 Å². The van der Waals surface area contributed by atoms with E-state index >= 15 is 0 Å². The van der Waals surface area contributed by atoms with Gasteiger partial charge in [0.05, 0.1) is 0 Å². The highest BCUT2D eigenvalue weighted by atomic mass is 32.1. The van der Waals surface area contributed by atoms with Crippen LogP contribution in [0.4, 0.5) is 0 Å². The molecule has 1 aromatic heterocycles. The average molecular weight is 372 g/mol. The molecule has 0 aliphatic carbocycles. The van der Waals surface area contributed by atoms with Crippen molar-refractivity contribution >= 4 is 23.2 Å². The van der Waals surface area contributed by atoms with Gasteiger partial charge in [0.15, 0.2) is 0 Å². The van der Waals surface area contributed by atoms with E-state index in [1.54, 1.807) is 23.5 Å². The molecule has 5 nitrogen and oxygen atoms in total. The zero-order valence-corrected chi connectivity index (χ0v) is 15.9. The molecule has 1 atom stereocenters. The van der Waals surface area contributed by atoms with Crippen LogP contribution in [0.3, 0.4) is 0 Å². The molecule has 2 aromatic rings. The zero-order valence-electron chi connectivity index (χ0n) is 15.1. The van der Waals surface area contributed by atoms with Crippen molar-refractivity contribution in [2.75, 3.05) is 26.2 Å². The Labute approximate surface area is 158 Å². The number of hydrogen-bond donors (Lipinski definition) is 1. The molecule has 1 saturated heterocycles. The van der Waals surface area contributed by atoms with Gasteiger partial charge < -0.3 is 10.2 Å². The van der Waals surface area contributed by atoms with Crippen LogP contribution in [0.1, 0.15) is 29.3 Å². The maximum absolute atomic E-state index is 12.5. The molecule has 3 rings (SSSR count). The standard InChI is InChI=1S/C20H25N3O2S/c1-16(21-20(25)18-5-3-2-4-6-18)13-19(24)23-10-8-22(9-11-23)14-17-7-12-26-15-17/h2-7,12,15-16H,8-11,13-14H2,1H3,(H,21,25). The molecular formula is C20H25N3O2S. The van der Waals surface area contributed by atoms with E-state index in [1.807, 2.05) is 30.0 Å². The Balaban J connectivity index is 1.41. The third-order valence-corrected chi connectivity index (χ3v) is 5.34. The fourth-order valence-electron chi connectivity index (χ4n) is 3.13. The normalized spacial score (nSPS) is 16.3. The predicted molar refractivity (Wildman–Crippen MR) is 104 cm³/mol. The van der Waals surface area contributed by atoms with E-state index in [9.17, 15) is 9.59 Å². The smallest absolute Gasteiger partial charge is 0.251 e. The lowest BCUT2D eigenvalue weighted by molar-refractivity contribution is -0.133. The lowest BCUT2D eigenvalue weighted by atomic mass is 10.1. The second-order valence-electron chi connectivity index (χ2n) is 6.73. The number of nitrogens with zero attached hydrogens (tertiary/aromatic N) is 2. The van der Waals surface area contributed by atoms with Gasteiger partial charge in [0, 0.05) is 50.7 Å². The summed E-state index contributed by atoms with van der Waals surface area (Å²) in [4.78, 5) is 29.0. The molecule has 1 aliphatic heterocycles. The van der Waals surface area contributed by atoms with Gasteiger partial charge in [-0.15, -0.1) is 0 Å². The molecular weight excluding hydrogens is 346 g/mol. The Kier molecular flexibility index (Phi) is 6.41. The highest BCUT2D eigenvalue weighted by molar-refractivity contribution is 7.07. The minimum absolute atomic E-state index is 0.112. The van der Waals surface area contributed by atoms with Crippen LogP contribution in [0.2, 0.25) is 0 Å². The Hall–Kier alpha value is -2.18. The first-order valence-corrected chi connectivity index (χ1v) is 9.93. The summed E-state index contributed by atoms with van der Waals surface area (Å²) in [5.41, 5.74) is 1.96. The SMILES string of the molecule is CC(CC(=O)N1CCN(Cc2ccsc2)CC1)NC(=O)c1ccccc1. The minimum Gasteiger partial charge on any atom is -0.349 e. The van der Waals surface area contributed by atoms with Crippen LogP contribution in [-0.4, -0.2) is 53.8 Å². The number of hydrogen-bond acceptors (Lipinski definition) is 4. The van der Waals surface area contributed by atoms with Crippen molar-refractivity contribution in [3.8, 4) is 0 Å². The number of piperazine rings is 1. The fraction of sp³-hybridized carbons (Fsp3) is 0.400. The van der Waals surface area contributed by atoms with Crippen molar-refractivity contribution in [1.29, 1.82) is 0 Å². The zero-order chi connectivity index (χ0) is 18.4. The number of benzene rings is 1. The molecule has 1 aromatic carbocycles. The summed E-state index contributed by atoms with van der Waals surface area (Å²) in [6.07, 6.45) is 0.336. The summed E-state index contributed by atoms with van der Waals surface area (Å²) in [6, 6.07) is 11.1. The van der Waals surface area contributed by atoms with Crippen molar-refractivity contribution in [3.63, 3.8) is 0 Å². The molecule has 0 spiro atoms. The van der Waals surface area contributed by atoms with Gasteiger partial charge in [-0.25, -0.2) is 0 Å². The molecule has 138 valence electrons. The summed E-state index contributed by atoms with van der Waals surface area (Å²) in [7, 11) is 0. The number of thiophene rings is 1. The van der Waals surface area contributed by atoms with Gasteiger partial charge in [0.25, 0.3) is 5.91 Å². The second kappa shape index (κ2) is 8.96. The molecule has 1 fully saturated rings. The topological polar surface area (TPSA) is 52.7 Å². The van der Waals surface area contributed by atoms with Gasteiger partial charge in [-0.2, -0.15) is 11.3 Å². The highest BCUT2D eigenvalue weighted by Crippen LogP contribution is 2.12. The summed E-state index contributed by atoms with van der Waals surface area (Å²) in [6.45, 7) is 6.13. The summed E-state index contributed by atoms with van der Waals surface area (Å²) in [5, 5.41) is 7.18. The summed E-state index contributed by atoms with van der Waals surface area (Å²) in [5.74, 6) is -0.0208. The van der Waals surface area contributed by atoms with Gasteiger partial charge in [0.1, 0.15) is 0 Å². The maximum Gasteiger partial charge on any atom is 0.251 e. The Morgan fingerprint density at radius 1 is 1.12 bits per heavy atom. The monoisotopic (exact) mass is 371 g/mol. The molecule has 6 heteroatoms. The van der Waals surface area contributed by atoms with E-state index in [2.05, 4.69) is 27.0 Å². The van der Waals surface area contributed by atoms with Gasteiger partial charge in [-0.05, 0) is 41.4 Å². The minimum atomic E-state index is -0.181. The van der Waals surface area contributed by atoms with Gasteiger partial charge in [-0.1, -0.05) is 18.2 Å². The molecule has 0 radical (unpaired) electrons. The van der Waals surface area contributed by atoms with Crippen molar-refractivity contribution in [2.24, 2.45) is 0 Å². The molecule has 1 aliphatic rings. The first kappa shape index (κ1) is 18.6. The van der Waals surface area contributed by atoms with E-state index in [0.29, 0.717) is 12.0 Å². The first-order valence-electron chi connectivity index (χ1n) is 8.99. The molecule has 2 amide bonds. The van der Waals surface area contributed by atoms with Crippen molar-refractivity contribution in [1.82, 2.24) is 15.1 Å². The molecule has 26 heavy (non-hydrogen) atoms. The fourth-order valence-corrected chi connectivity index (χ4v) is 3.79. The molecule has 2 heterocycles. The van der Waals surface area contributed by atoms with E-state index in [0.717, 1.165) is 32.7 Å². The van der Waals surface area contributed by atoms with Crippen LogP contribution < -0.4 is 5.32 Å². The van der Waals surface area contributed by atoms with Crippen LogP contribution in [-0.2, 0) is 11.3 Å². The maximum atomic E-state index is 12.5. The van der Waals surface area contributed by atoms with Crippen LogP contribution in [0.15, 0.2) is 47.2 Å². The third kappa shape index (κ3) is 5.16. The van der Waals surface area contributed by atoms with Crippen molar-refractivity contribution < 1.29 is 9.59 Å². The van der Waals surface area contributed by atoms with Gasteiger partial charge in [0.2, 0.25) is 5.91 Å². The van der Waals surface area contributed by atoms with E-state index in [4.69, 9.17) is 0 Å². The molecule has 0 saturated carbocycles. The third-order valence-electron chi connectivity index (χ3n) is 4.61. The highest BCUT2D eigenvalue weighted by Gasteiger charge is 2.23. The number of rotatable bonds is 6. The van der Waals surface area contributed by atoms with Crippen LogP contribution in [0.25, 0.3) is 0 Å². The first-order chi connectivity index (χ1) is 12.6. The molecule has 0 bridgehead atoms. The summed E-state index contributed by atoms with van der Waals surface area (Å²) < 4.78 is 0. The Bertz CT molecular complexity index is 710. The van der Waals surface area contributed by atoms with Crippen molar-refractivity contribution in [2.45, 2.75) is 25.9 Å². The van der Waals surface area contributed by atoms with Crippen LogP contribution in [0.5, 0.6) is 0 Å². The lowest BCUT2D eigenvalue weighted by Gasteiger charge is -2.35. The Morgan fingerprint density at radius 2 is 1.85 bits per heavy atom. The van der Waals surface area contributed by atoms with Crippen LogP contribution >= 0.6 is 11.3 Å². The quantitative estimate of drug-likeness (QED) is 0.849. The number of amides is 2. The second-order valence-corrected chi connectivity index (χ2v) is 7.51. The van der Waals surface area contributed by atoms with Gasteiger partial charge in [-0.3, -0.25) is 14.5 Å². The van der Waals surface area contributed by atoms with E-state index in [-0.39, 0.29) is 17.9 Å². The largest absolute Gasteiger partial charge is 0.349 e. The van der Waals surface area contributed by atoms with E-state index in [1.165, 1.54) is 5.56 Å². The summed E-state index contributed by atoms with van der Waals surface area (Å²) >= 11 is 1.72. The van der Waals surface area contributed by atoms with Crippen LogP contribution in [0, 0.1) is 0 Å².